The second kappa shape index (κ2) is 10.0. The standard InChI is InChI=1S/C25H29N3O5/c1-16(29)27-18-8-11-22-20(12-18)25(31)28(2)21-10-9-19(33-23(21)15-32-22)13-24(30)26-14-17-6-4-3-5-7-17/h3-8,11-12,19,21,23H,9-10,13-15H2,1-2H3,(H,26,30)(H,27,29)/t19-,21-,23-/m1/s1. The minimum absolute atomic E-state index is 0.0608. The Labute approximate surface area is 193 Å². The summed E-state index contributed by atoms with van der Waals surface area (Å²) >= 11 is 0. The van der Waals surface area contributed by atoms with Gasteiger partial charge in [0.15, 0.2) is 0 Å². The van der Waals surface area contributed by atoms with Gasteiger partial charge in [0.1, 0.15) is 18.5 Å². The monoisotopic (exact) mass is 451 g/mol. The van der Waals surface area contributed by atoms with Gasteiger partial charge in [-0.15, -0.1) is 0 Å². The summed E-state index contributed by atoms with van der Waals surface area (Å²) < 4.78 is 12.2. The lowest BCUT2D eigenvalue weighted by Gasteiger charge is -2.42. The minimum atomic E-state index is -0.331. The zero-order chi connectivity index (χ0) is 23.4. The Balaban J connectivity index is 1.39. The van der Waals surface area contributed by atoms with Crippen LogP contribution in [0.4, 0.5) is 5.69 Å². The van der Waals surface area contributed by atoms with Gasteiger partial charge >= 0.3 is 0 Å². The van der Waals surface area contributed by atoms with Crippen molar-refractivity contribution in [1.29, 1.82) is 0 Å². The number of carbonyl (C=O) groups is 3. The van der Waals surface area contributed by atoms with E-state index < -0.39 is 0 Å². The first-order valence-corrected chi connectivity index (χ1v) is 11.2. The van der Waals surface area contributed by atoms with E-state index in [4.69, 9.17) is 9.47 Å². The fourth-order valence-electron chi connectivity index (χ4n) is 4.38. The van der Waals surface area contributed by atoms with Crippen molar-refractivity contribution in [1.82, 2.24) is 10.2 Å². The number of nitrogens with zero attached hydrogens (tertiary/aromatic N) is 1. The number of carbonyl (C=O) groups excluding carboxylic acids is 3. The van der Waals surface area contributed by atoms with E-state index >= 15 is 0 Å². The lowest BCUT2D eigenvalue weighted by Crippen LogP contribution is -2.53. The van der Waals surface area contributed by atoms with Crippen molar-refractivity contribution >= 4 is 23.4 Å². The molecule has 1 fully saturated rings. The number of anilines is 1. The number of nitrogens with one attached hydrogen (secondary N) is 2. The number of rotatable bonds is 5. The van der Waals surface area contributed by atoms with Crippen LogP contribution in [0.25, 0.3) is 0 Å². The van der Waals surface area contributed by atoms with Crippen LogP contribution in [0.2, 0.25) is 0 Å². The summed E-state index contributed by atoms with van der Waals surface area (Å²) in [6, 6.07) is 14.6. The van der Waals surface area contributed by atoms with Gasteiger partial charge in [-0.2, -0.15) is 0 Å². The SMILES string of the molecule is CC(=O)Nc1ccc2c(c1)C(=O)N(C)[C@@H]1CC[C@H](CC(=O)NCc3ccccc3)O[C@@H]1CO2. The van der Waals surface area contributed by atoms with Crippen molar-refractivity contribution in [3.05, 3.63) is 59.7 Å². The lowest BCUT2D eigenvalue weighted by molar-refractivity contribution is -0.134. The molecular formula is C25H29N3O5. The summed E-state index contributed by atoms with van der Waals surface area (Å²) in [5.41, 5.74) is 2.00. The highest BCUT2D eigenvalue weighted by atomic mass is 16.5. The molecule has 33 heavy (non-hydrogen) atoms. The van der Waals surface area contributed by atoms with Gasteiger partial charge in [0, 0.05) is 26.2 Å². The smallest absolute Gasteiger partial charge is 0.257 e. The third kappa shape index (κ3) is 5.51. The quantitative estimate of drug-likeness (QED) is 0.729. The molecule has 2 aromatic carbocycles. The van der Waals surface area contributed by atoms with Gasteiger partial charge < -0.3 is 25.0 Å². The number of ether oxygens (including phenoxy) is 2. The molecule has 3 amide bonds. The van der Waals surface area contributed by atoms with Gasteiger partial charge in [0.2, 0.25) is 11.8 Å². The van der Waals surface area contributed by atoms with Crippen LogP contribution < -0.4 is 15.4 Å². The maximum atomic E-state index is 13.2. The zero-order valence-electron chi connectivity index (χ0n) is 18.9. The molecule has 8 nitrogen and oxygen atoms in total. The van der Waals surface area contributed by atoms with E-state index in [2.05, 4.69) is 10.6 Å². The van der Waals surface area contributed by atoms with Crippen LogP contribution in [-0.4, -0.2) is 54.5 Å². The minimum Gasteiger partial charge on any atom is -0.490 e. The van der Waals surface area contributed by atoms with Crippen molar-refractivity contribution in [3.63, 3.8) is 0 Å². The molecule has 3 atom stereocenters. The summed E-state index contributed by atoms with van der Waals surface area (Å²) in [6.45, 7) is 2.18. The van der Waals surface area contributed by atoms with E-state index in [1.807, 2.05) is 30.3 Å². The molecule has 2 N–H and O–H groups in total. The number of amides is 3. The van der Waals surface area contributed by atoms with E-state index in [9.17, 15) is 14.4 Å². The molecule has 2 aromatic rings. The third-order valence-corrected chi connectivity index (χ3v) is 6.08. The first-order chi connectivity index (χ1) is 15.9. The van der Waals surface area contributed by atoms with Crippen LogP contribution >= 0.6 is 0 Å². The summed E-state index contributed by atoms with van der Waals surface area (Å²) in [5, 5.41) is 5.64. The van der Waals surface area contributed by atoms with Crippen molar-refractivity contribution in [3.8, 4) is 5.75 Å². The summed E-state index contributed by atoms with van der Waals surface area (Å²) in [6.07, 6.45) is 1.10. The Morgan fingerprint density at radius 3 is 2.67 bits per heavy atom. The van der Waals surface area contributed by atoms with Crippen LogP contribution in [-0.2, 0) is 20.9 Å². The Morgan fingerprint density at radius 2 is 1.91 bits per heavy atom. The van der Waals surface area contributed by atoms with Crippen molar-refractivity contribution in [2.24, 2.45) is 0 Å². The molecule has 1 saturated heterocycles. The second-order valence-electron chi connectivity index (χ2n) is 8.53. The highest BCUT2D eigenvalue weighted by Crippen LogP contribution is 2.32. The fourth-order valence-corrected chi connectivity index (χ4v) is 4.38. The van der Waals surface area contributed by atoms with Crippen molar-refractivity contribution < 1.29 is 23.9 Å². The normalized spacial score (nSPS) is 22.2. The number of hydrogen-bond acceptors (Lipinski definition) is 5. The molecule has 0 saturated carbocycles. The van der Waals surface area contributed by atoms with Gasteiger partial charge in [0.05, 0.1) is 24.1 Å². The van der Waals surface area contributed by atoms with Gasteiger partial charge in [-0.05, 0) is 36.6 Å². The Kier molecular flexibility index (Phi) is 6.93. The molecule has 2 aliphatic rings. The van der Waals surface area contributed by atoms with E-state index in [0.717, 1.165) is 5.56 Å². The zero-order valence-corrected chi connectivity index (χ0v) is 18.9. The van der Waals surface area contributed by atoms with Crippen LogP contribution in [0.5, 0.6) is 5.75 Å². The van der Waals surface area contributed by atoms with Crippen molar-refractivity contribution in [2.45, 2.75) is 51.0 Å². The van der Waals surface area contributed by atoms with E-state index in [-0.39, 0.29) is 49.0 Å². The molecule has 0 aliphatic carbocycles. The first kappa shape index (κ1) is 22.8. The van der Waals surface area contributed by atoms with Crippen LogP contribution in [0, 0.1) is 0 Å². The average Bonchev–Trinajstić information content (AvgIpc) is 2.81. The van der Waals surface area contributed by atoms with E-state index in [0.29, 0.717) is 36.4 Å². The Morgan fingerprint density at radius 1 is 1.12 bits per heavy atom. The summed E-state index contributed by atoms with van der Waals surface area (Å²) in [5.74, 6) is -0.00302. The highest BCUT2D eigenvalue weighted by molar-refractivity contribution is 5.99. The molecule has 2 aliphatic heterocycles. The number of fused-ring (bicyclic) bond motifs is 2. The molecule has 4 rings (SSSR count). The van der Waals surface area contributed by atoms with Gasteiger partial charge in [-0.3, -0.25) is 14.4 Å². The molecule has 8 heteroatoms. The summed E-state index contributed by atoms with van der Waals surface area (Å²) in [7, 11) is 1.76. The number of benzene rings is 2. The average molecular weight is 452 g/mol. The largest absolute Gasteiger partial charge is 0.490 e. The molecule has 2 heterocycles. The third-order valence-electron chi connectivity index (χ3n) is 6.08. The maximum absolute atomic E-state index is 13.2. The Bertz CT molecular complexity index is 1030. The fraction of sp³-hybridized carbons (Fsp3) is 0.400. The van der Waals surface area contributed by atoms with E-state index in [1.54, 1.807) is 30.1 Å². The van der Waals surface area contributed by atoms with Crippen molar-refractivity contribution in [2.75, 3.05) is 19.0 Å². The van der Waals surface area contributed by atoms with E-state index in [1.165, 1.54) is 6.92 Å². The number of hydrogen-bond donors (Lipinski definition) is 2. The predicted octanol–water partition coefficient (Wildman–Crippen LogP) is 2.73. The molecule has 0 bridgehead atoms. The molecule has 0 spiro atoms. The second-order valence-corrected chi connectivity index (χ2v) is 8.53. The summed E-state index contributed by atoms with van der Waals surface area (Å²) in [4.78, 5) is 38.7. The van der Waals surface area contributed by atoms with Gasteiger partial charge in [-0.1, -0.05) is 30.3 Å². The molecule has 0 unspecified atom stereocenters. The topological polar surface area (TPSA) is 97.0 Å². The van der Waals surface area contributed by atoms with Crippen LogP contribution in [0.1, 0.15) is 42.1 Å². The Hall–Kier alpha value is -3.39. The first-order valence-electron chi connectivity index (χ1n) is 11.2. The maximum Gasteiger partial charge on any atom is 0.257 e. The van der Waals surface area contributed by atoms with Gasteiger partial charge in [0.25, 0.3) is 5.91 Å². The molecule has 0 radical (unpaired) electrons. The lowest BCUT2D eigenvalue weighted by atomic mass is 9.94. The molecule has 174 valence electrons. The highest BCUT2D eigenvalue weighted by Gasteiger charge is 2.39. The molecule has 0 aromatic heterocycles. The predicted molar refractivity (Wildman–Crippen MR) is 123 cm³/mol. The van der Waals surface area contributed by atoms with Crippen LogP contribution in [0.3, 0.4) is 0 Å². The van der Waals surface area contributed by atoms with Gasteiger partial charge in [-0.25, -0.2) is 0 Å². The molecular weight excluding hydrogens is 422 g/mol. The number of likely N-dealkylation sites (N-methyl/N-ethyl adjacent to an activating group) is 1. The van der Waals surface area contributed by atoms with Crippen LogP contribution in [0.15, 0.2) is 48.5 Å².